The third-order valence-corrected chi connectivity index (χ3v) is 1.87. The molecular formula is C10H11F5O4. The molecule has 0 N–H and O–H groups in total. The summed E-state index contributed by atoms with van der Waals surface area (Å²) in [6.07, 6.45) is -3.33. The van der Waals surface area contributed by atoms with Gasteiger partial charge in [-0.3, -0.25) is 9.59 Å². The molecule has 0 saturated heterocycles. The normalized spacial score (nSPS) is 11.2. The summed E-state index contributed by atoms with van der Waals surface area (Å²) in [5, 5.41) is 0. The smallest absolute Gasteiger partial charge is 0.327 e. The molecule has 4 nitrogen and oxygen atoms in total. The number of hydrogen-bond donors (Lipinski definition) is 0. The highest BCUT2D eigenvalue weighted by molar-refractivity contribution is 5.96. The van der Waals surface area contributed by atoms with Crippen LogP contribution in [0.5, 0.6) is 0 Å². The van der Waals surface area contributed by atoms with E-state index >= 15 is 0 Å². The SMILES string of the molecule is CCOC(=O)C(C(=O)OCC)C(F)(F)C(F)=C(F)F. The van der Waals surface area contributed by atoms with E-state index in [1.165, 1.54) is 13.8 Å². The van der Waals surface area contributed by atoms with Crippen molar-refractivity contribution in [2.24, 2.45) is 5.92 Å². The van der Waals surface area contributed by atoms with Gasteiger partial charge in [-0.1, -0.05) is 0 Å². The van der Waals surface area contributed by atoms with Crippen molar-refractivity contribution in [3.63, 3.8) is 0 Å². The molecule has 19 heavy (non-hydrogen) atoms. The Bertz CT molecular complexity index is 358. The van der Waals surface area contributed by atoms with Crippen molar-refractivity contribution in [2.45, 2.75) is 19.8 Å². The monoisotopic (exact) mass is 290 g/mol. The van der Waals surface area contributed by atoms with Crippen molar-refractivity contribution in [3.05, 3.63) is 11.9 Å². The van der Waals surface area contributed by atoms with Crippen molar-refractivity contribution < 1.29 is 41.0 Å². The van der Waals surface area contributed by atoms with Gasteiger partial charge in [0.1, 0.15) is 0 Å². The number of alkyl halides is 2. The van der Waals surface area contributed by atoms with Gasteiger partial charge in [0.25, 0.3) is 0 Å². The summed E-state index contributed by atoms with van der Waals surface area (Å²) in [5.74, 6) is -15.0. The van der Waals surface area contributed by atoms with Crippen LogP contribution in [0.25, 0.3) is 0 Å². The maximum atomic E-state index is 13.4. The van der Waals surface area contributed by atoms with E-state index in [4.69, 9.17) is 0 Å². The average Bonchev–Trinajstić information content (AvgIpc) is 2.28. The maximum Gasteiger partial charge on any atom is 0.327 e. The van der Waals surface area contributed by atoms with E-state index < -0.39 is 48.9 Å². The molecule has 0 heterocycles. The Morgan fingerprint density at radius 3 is 1.63 bits per heavy atom. The van der Waals surface area contributed by atoms with Crippen molar-refractivity contribution >= 4 is 11.9 Å². The van der Waals surface area contributed by atoms with Crippen LogP contribution in [0.15, 0.2) is 11.9 Å². The van der Waals surface area contributed by atoms with E-state index in [1.54, 1.807) is 0 Å². The summed E-state index contributed by atoms with van der Waals surface area (Å²) in [7, 11) is 0. The molecule has 0 fully saturated rings. The largest absolute Gasteiger partial charge is 0.465 e. The van der Waals surface area contributed by atoms with Gasteiger partial charge in [-0.2, -0.15) is 22.0 Å². The number of esters is 2. The van der Waals surface area contributed by atoms with Gasteiger partial charge in [0.2, 0.25) is 11.7 Å². The highest BCUT2D eigenvalue weighted by Crippen LogP contribution is 2.37. The predicted octanol–water partition coefficient (Wildman–Crippen LogP) is 2.44. The molecule has 9 heteroatoms. The van der Waals surface area contributed by atoms with Crippen LogP contribution in [0.4, 0.5) is 22.0 Å². The predicted molar refractivity (Wildman–Crippen MR) is 52.1 cm³/mol. The minimum atomic E-state index is -5.04. The zero-order valence-electron chi connectivity index (χ0n) is 10.0. The summed E-state index contributed by atoms with van der Waals surface area (Å²) >= 11 is 0. The Kier molecular flexibility index (Phi) is 6.43. The van der Waals surface area contributed by atoms with Crippen molar-refractivity contribution in [2.75, 3.05) is 13.2 Å². The van der Waals surface area contributed by atoms with Gasteiger partial charge in [-0.15, -0.1) is 0 Å². The van der Waals surface area contributed by atoms with Crippen LogP contribution in [-0.2, 0) is 19.1 Å². The highest BCUT2D eigenvalue weighted by atomic mass is 19.3. The lowest BCUT2D eigenvalue weighted by molar-refractivity contribution is -0.177. The summed E-state index contributed by atoms with van der Waals surface area (Å²) in [5.41, 5.74) is 0. The Morgan fingerprint density at radius 2 is 1.37 bits per heavy atom. The van der Waals surface area contributed by atoms with E-state index in [0.717, 1.165) is 0 Å². The third kappa shape index (κ3) is 4.18. The van der Waals surface area contributed by atoms with Gasteiger partial charge in [-0.25, -0.2) is 0 Å². The van der Waals surface area contributed by atoms with E-state index in [1.807, 2.05) is 0 Å². The van der Waals surface area contributed by atoms with Gasteiger partial charge in [-0.05, 0) is 13.8 Å². The number of rotatable bonds is 6. The molecule has 0 aliphatic carbocycles. The molecular weight excluding hydrogens is 279 g/mol. The number of carbonyl (C=O) groups excluding carboxylic acids is 2. The van der Waals surface area contributed by atoms with Crippen molar-refractivity contribution in [1.82, 2.24) is 0 Å². The summed E-state index contributed by atoms with van der Waals surface area (Å²) < 4.78 is 71.5. The highest BCUT2D eigenvalue weighted by Gasteiger charge is 2.56. The Balaban J connectivity index is 5.52. The first kappa shape index (κ1) is 17.3. The molecule has 0 amide bonds. The summed E-state index contributed by atoms with van der Waals surface area (Å²) in [4.78, 5) is 22.4. The Hall–Kier alpha value is -1.67. The number of halogens is 5. The topological polar surface area (TPSA) is 52.6 Å². The average molecular weight is 290 g/mol. The zero-order chi connectivity index (χ0) is 15.2. The van der Waals surface area contributed by atoms with E-state index in [2.05, 4.69) is 9.47 Å². The molecule has 0 atom stereocenters. The van der Waals surface area contributed by atoms with Gasteiger partial charge in [0, 0.05) is 0 Å². The Morgan fingerprint density at radius 1 is 1.00 bits per heavy atom. The first-order valence-electron chi connectivity index (χ1n) is 5.12. The second-order valence-corrected chi connectivity index (χ2v) is 3.13. The first-order chi connectivity index (χ1) is 8.69. The van der Waals surface area contributed by atoms with Crippen LogP contribution in [0, 0.1) is 5.92 Å². The van der Waals surface area contributed by atoms with Gasteiger partial charge < -0.3 is 9.47 Å². The molecule has 110 valence electrons. The number of carbonyl (C=O) groups is 2. The number of allylic oxidation sites excluding steroid dienone is 1. The lowest BCUT2D eigenvalue weighted by atomic mass is 10.0. The zero-order valence-corrected chi connectivity index (χ0v) is 10.0. The fourth-order valence-electron chi connectivity index (χ4n) is 1.10. The summed E-state index contributed by atoms with van der Waals surface area (Å²) in [6.45, 7) is 1.68. The van der Waals surface area contributed by atoms with Gasteiger partial charge in [0.05, 0.1) is 13.2 Å². The second kappa shape index (κ2) is 7.05. The minimum absolute atomic E-state index is 0.395. The molecule has 0 aromatic rings. The Labute approximate surface area is 105 Å². The molecule has 0 spiro atoms. The maximum absolute atomic E-state index is 13.4. The van der Waals surface area contributed by atoms with Crippen LogP contribution in [0.2, 0.25) is 0 Å². The van der Waals surface area contributed by atoms with Gasteiger partial charge in [0.15, 0.2) is 0 Å². The lowest BCUT2D eigenvalue weighted by Crippen LogP contribution is -2.43. The van der Waals surface area contributed by atoms with Crippen LogP contribution in [0.3, 0.4) is 0 Å². The molecule has 0 aromatic heterocycles. The standard InChI is InChI=1S/C10H11F5O4/c1-3-18-8(16)5(9(17)19-4-2)10(14,15)6(11)7(12)13/h5H,3-4H2,1-2H3. The second-order valence-electron chi connectivity index (χ2n) is 3.13. The molecule has 0 bridgehead atoms. The van der Waals surface area contributed by atoms with Crippen LogP contribution < -0.4 is 0 Å². The lowest BCUT2D eigenvalue weighted by Gasteiger charge is -2.21. The summed E-state index contributed by atoms with van der Waals surface area (Å²) in [6, 6.07) is 0. The molecule has 0 rings (SSSR count). The van der Waals surface area contributed by atoms with Gasteiger partial charge >= 0.3 is 23.9 Å². The number of hydrogen-bond acceptors (Lipinski definition) is 4. The quantitative estimate of drug-likeness (QED) is 0.428. The van der Waals surface area contributed by atoms with Crippen LogP contribution in [0.1, 0.15) is 13.8 Å². The van der Waals surface area contributed by atoms with Crippen molar-refractivity contribution in [3.8, 4) is 0 Å². The number of ether oxygens (including phenoxy) is 2. The first-order valence-corrected chi connectivity index (χ1v) is 5.12. The van der Waals surface area contributed by atoms with E-state index in [-0.39, 0.29) is 0 Å². The third-order valence-electron chi connectivity index (χ3n) is 1.87. The fraction of sp³-hybridized carbons (Fsp3) is 0.600. The fourth-order valence-corrected chi connectivity index (χ4v) is 1.10. The van der Waals surface area contributed by atoms with E-state index in [0.29, 0.717) is 0 Å². The molecule has 0 saturated carbocycles. The minimum Gasteiger partial charge on any atom is -0.465 e. The molecule has 0 aliphatic rings. The molecule has 0 unspecified atom stereocenters. The molecule has 0 aliphatic heterocycles. The van der Waals surface area contributed by atoms with Crippen LogP contribution in [-0.4, -0.2) is 31.1 Å². The molecule has 0 aromatic carbocycles. The van der Waals surface area contributed by atoms with E-state index in [9.17, 15) is 31.5 Å². The molecule has 0 radical (unpaired) electrons. The van der Waals surface area contributed by atoms with Crippen LogP contribution >= 0.6 is 0 Å². The van der Waals surface area contributed by atoms with Crippen molar-refractivity contribution in [1.29, 1.82) is 0 Å².